The van der Waals surface area contributed by atoms with Gasteiger partial charge in [0.1, 0.15) is 5.82 Å². The number of nitrogens with zero attached hydrogens (tertiary/aromatic N) is 2. The van der Waals surface area contributed by atoms with Crippen LogP contribution in [0.3, 0.4) is 0 Å². The van der Waals surface area contributed by atoms with E-state index in [1.165, 1.54) is 55.5 Å². The number of amides is 1. The number of nitrogens with one attached hydrogen (secondary N) is 1. The largest absolute Gasteiger partial charge is 0.416 e. The van der Waals surface area contributed by atoms with Crippen LogP contribution < -0.4 is 5.56 Å². The molecular formula is C36H36F3N3O2S. The molecule has 45 heavy (non-hydrogen) atoms. The molecule has 234 valence electrons. The van der Waals surface area contributed by atoms with Crippen molar-refractivity contribution in [1.82, 2.24) is 14.9 Å². The molecule has 0 spiro atoms. The molecule has 5 fully saturated rings. The molecule has 0 radical (unpaired) electrons. The normalized spacial score (nSPS) is 27.8. The number of hydrogen-bond acceptors (Lipinski definition) is 4. The summed E-state index contributed by atoms with van der Waals surface area (Å²) in [5.41, 5.74) is 1.44. The Bertz CT molecular complexity index is 1760. The van der Waals surface area contributed by atoms with Crippen molar-refractivity contribution in [1.29, 1.82) is 0 Å². The average Bonchev–Trinajstić information content (AvgIpc) is 3.71. The van der Waals surface area contributed by atoms with E-state index < -0.39 is 11.7 Å². The molecule has 0 atom stereocenters. The van der Waals surface area contributed by atoms with Gasteiger partial charge < -0.3 is 9.88 Å². The van der Waals surface area contributed by atoms with E-state index in [1.54, 1.807) is 16.2 Å². The maximum absolute atomic E-state index is 13.5. The lowest BCUT2D eigenvalue weighted by Crippen LogP contribution is -2.45. The fourth-order valence-electron chi connectivity index (χ4n) is 9.05. The van der Waals surface area contributed by atoms with Gasteiger partial charge in [0.2, 0.25) is 5.91 Å². The second kappa shape index (κ2) is 10.6. The quantitative estimate of drug-likeness (QED) is 0.315. The molecule has 3 heterocycles. The minimum Gasteiger partial charge on any atom is -0.338 e. The number of aromatic nitrogens is 2. The number of aryl methyl sites for hydroxylation is 1. The Morgan fingerprint density at radius 1 is 1.09 bits per heavy atom. The molecule has 5 aliphatic carbocycles. The fourth-order valence-corrected chi connectivity index (χ4v) is 10.2. The topological polar surface area (TPSA) is 66.1 Å². The number of rotatable bonds is 4. The van der Waals surface area contributed by atoms with Gasteiger partial charge in [-0.2, -0.15) is 13.2 Å². The molecule has 3 aromatic rings. The summed E-state index contributed by atoms with van der Waals surface area (Å²) < 4.78 is 39.5. The number of aromatic amines is 1. The van der Waals surface area contributed by atoms with Crippen molar-refractivity contribution < 1.29 is 18.0 Å². The van der Waals surface area contributed by atoms with Crippen LogP contribution in [0.4, 0.5) is 13.2 Å². The van der Waals surface area contributed by atoms with E-state index in [4.69, 9.17) is 4.98 Å². The van der Waals surface area contributed by atoms with Gasteiger partial charge in [0, 0.05) is 27.8 Å². The van der Waals surface area contributed by atoms with Crippen LogP contribution >= 0.6 is 11.3 Å². The summed E-state index contributed by atoms with van der Waals surface area (Å²) in [6, 6.07) is 7.06. The summed E-state index contributed by atoms with van der Waals surface area (Å²) in [7, 11) is 0. The first-order valence-corrected chi connectivity index (χ1v) is 17.1. The SMILES string of the molecule is O=C(Cc1cccc(C(F)(F)F)c1)N1CCCc2nc(C3(c4cc(C#CC56CC7CC(CC(C7)C5)C6)cs4)CC3)[nH]c(=O)c2C1. The maximum Gasteiger partial charge on any atom is 0.416 e. The van der Waals surface area contributed by atoms with Crippen molar-refractivity contribution in [2.24, 2.45) is 23.2 Å². The Morgan fingerprint density at radius 2 is 1.82 bits per heavy atom. The third-order valence-electron chi connectivity index (χ3n) is 11.0. The molecule has 5 nitrogen and oxygen atoms in total. The number of fused-ring (bicyclic) bond motifs is 1. The Hall–Kier alpha value is -3.38. The number of H-pyrrole nitrogens is 1. The highest BCUT2D eigenvalue weighted by Crippen LogP contribution is 2.60. The predicted molar refractivity (Wildman–Crippen MR) is 166 cm³/mol. The Kier molecular flexibility index (Phi) is 6.83. The molecular weight excluding hydrogens is 595 g/mol. The summed E-state index contributed by atoms with van der Waals surface area (Å²) >= 11 is 1.70. The van der Waals surface area contributed by atoms with Crippen LogP contribution in [0.5, 0.6) is 0 Å². The molecule has 1 aliphatic heterocycles. The van der Waals surface area contributed by atoms with Gasteiger partial charge in [-0.05, 0) is 99.7 Å². The lowest BCUT2D eigenvalue weighted by Gasteiger charge is -2.54. The van der Waals surface area contributed by atoms with E-state index in [1.807, 2.05) is 0 Å². The first kappa shape index (κ1) is 29.1. The Balaban J connectivity index is 0.995. The summed E-state index contributed by atoms with van der Waals surface area (Å²) in [6.45, 7) is 0.524. The number of carbonyl (C=O) groups excluding carboxylic acids is 1. The minimum atomic E-state index is -4.47. The van der Waals surface area contributed by atoms with Gasteiger partial charge in [0.05, 0.1) is 35.2 Å². The minimum absolute atomic E-state index is 0.103. The van der Waals surface area contributed by atoms with E-state index in [0.717, 1.165) is 48.3 Å². The maximum atomic E-state index is 13.5. The van der Waals surface area contributed by atoms with Crippen molar-refractivity contribution in [3.63, 3.8) is 0 Å². The predicted octanol–water partition coefficient (Wildman–Crippen LogP) is 7.02. The van der Waals surface area contributed by atoms with Crippen LogP contribution in [0, 0.1) is 35.0 Å². The zero-order valence-corrected chi connectivity index (χ0v) is 26.0. The smallest absolute Gasteiger partial charge is 0.338 e. The van der Waals surface area contributed by atoms with Crippen LogP contribution in [-0.4, -0.2) is 27.3 Å². The highest BCUT2D eigenvalue weighted by Gasteiger charge is 2.51. The van der Waals surface area contributed by atoms with Gasteiger partial charge >= 0.3 is 6.18 Å². The first-order chi connectivity index (χ1) is 21.6. The van der Waals surface area contributed by atoms with Gasteiger partial charge in [0.15, 0.2) is 0 Å². The number of halogens is 3. The average molecular weight is 632 g/mol. The van der Waals surface area contributed by atoms with Crippen molar-refractivity contribution >= 4 is 17.2 Å². The van der Waals surface area contributed by atoms with E-state index in [9.17, 15) is 22.8 Å². The summed E-state index contributed by atoms with van der Waals surface area (Å²) in [4.78, 5) is 37.4. The van der Waals surface area contributed by atoms with Crippen molar-refractivity contribution in [3.05, 3.63) is 84.7 Å². The molecule has 1 amide bonds. The van der Waals surface area contributed by atoms with Crippen LogP contribution in [0.1, 0.15) is 96.4 Å². The highest BCUT2D eigenvalue weighted by molar-refractivity contribution is 7.10. The molecule has 6 aliphatic rings. The highest BCUT2D eigenvalue weighted by atomic mass is 32.1. The Morgan fingerprint density at radius 3 is 2.51 bits per heavy atom. The van der Waals surface area contributed by atoms with Crippen LogP contribution in [0.15, 0.2) is 40.5 Å². The van der Waals surface area contributed by atoms with Gasteiger partial charge in [-0.15, -0.1) is 11.3 Å². The lowest BCUT2D eigenvalue weighted by molar-refractivity contribution is -0.138. The third kappa shape index (κ3) is 5.43. The van der Waals surface area contributed by atoms with E-state index in [2.05, 4.69) is 28.3 Å². The summed E-state index contributed by atoms with van der Waals surface area (Å²) in [5, 5.41) is 2.15. The van der Waals surface area contributed by atoms with Crippen LogP contribution in [0.25, 0.3) is 0 Å². The molecule has 5 saturated carbocycles. The number of hydrogen-bond donors (Lipinski definition) is 1. The molecule has 1 N–H and O–H groups in total. The van der Waals surface area contributed by atoms with E-state index in [-0.39, 0.29) is 35.3 Å². The fraction of sp³-hybridized carbons (Fsp3) is 0.528. The van der Waals surface area contributed by atoms with Gasteiger partial charge in [0.25, 0.3) is 5.56 Å². The number of thiophene rings is 1. The number of benzene rings is 1. The molecule has 0 unspecified atom stereocenters. The third-order valence-corrected chi connectivity index (χ3v) is 12.2. The monoisotopic (exact) mass is 631 g/mol. The molecule has 9 rings (SSSR count). The standard InChI is InChI=1S/C36H36F3N3O2S/c37-36(38,39)27-4-1-3-22(14-27)16-31(43)42-10-2-5-29-28(20-42)32(44)41-33(40-29)35(8-9-35)30-15-23(21-45-30)6-7-34-17-24-11-25(18-34)13-26(12-24)19-34/h1,3-4,14-15,21,24-26H,2,5,8-13,16-20H2,(H,40,41,44). The second-order valence-corrected chi connectivity index (χ2v) is 15.3. The number of carbonyl (C=O) groups is 1. The van der Waals surface area contributed by atoms with E-state index in [0.29, 0.717) is 42.0 Å². The van der Waals surface area contributed by atoms with Gasteiger partial charge in [-0.25, -0.2) is 4.98 Å². The summed E-state index contributed by atoms with van der Waals surface area (Å²) in [6.07, 6.45) is 6.43. The molecule has 9 heteroatoms. The zero-order chi connectivity index (χ0) is 31.0. The van der Waals surface area contributed by atoms with Crippen molar-refractivity contribution in [2.45, 2.75) is 88.8 Å². The van der Waals surface area contributed by atoms with Gasteiger partial charge in [-0.3, -0.25) is 9.59 Å². The number of alkyl halides is 3. The van der Waals surface area contributed by atoms with E-state index >= 15 is 0 Å². The molecule has 0 saturated heterocycles. The van der Waals surface area contributed by atoms with Crippen molar-refractivity contribution in [3.8, 4) is 11.8 Å². The van der Waals surface area contributed by atoms with Crippen LogP contribution in [0.2, 0.25) is 0 Å². The van der Waals surface area contributed by atoms with Crippen LogP contribution in [-0.2, 0) is 35.8 Å². The zero-order valence-electron chi connectivity index (χ0n) is 25.1. The molecule has 2 aromatic heterocycles. The molecule has 1 aromatic carbocycles. The second-order valence-electron chi connectivity index (χ2n) is 14.4. The van der Waals surface area contributed by atoms with Gasteiger partial charge in [-0.1, -0.05) is 30.0 Å². The summed E-state index contributed by atoms with van der Waals surface area (Å²) in [5.74, 6) is 10.3. The molecule has 4 bridgehead atoms. The van der Waals surface area contributed by atoms with Crippen molar-refractivity contribution in [2.75, 3.05) is 6.54 Å². The first-order valence-electron chi connectivity index (χ1n) is 16.3. The Labute approximate surface area is 264 Å². The lowest BCUT2D eigenvalue weighted by atomic mass is 9.50.